The molecule has 0 spiro atoms. The quantitative estimate of drug-likeness (QED) is 0.839. The third kappa shape index (κ3) is 3.19. The summed E-state index contributed by atoms with van der Waals surface area (Å²) in [5.41, 5.74) is 5.66. The summed E-state index contributed by atoms with van der Waals surface area (Å²) in [5, 5.41) is 3.78. The second-order valence-corrected chi connectivity index (χ2v) is 6.52. The maximum Gasteiger partial charge on any atom is 0.0296 e. The number of rotatable bonds is 4. The van der Waals surface area contributed by atoms with Crippen LogP contribution in [0, 0.1) is 13.8 Å². The molecule has 0 aliphatic heterocycles. The van der Waals surface area contributed by atoms with Crippen LogP contribution in [0.5, 0.6) is 0 Å². The van der Waals surface area contributed by atoms with E-state index in [4.69, 9.17) is 0 Å². The van der Waals surface area contributed by atoms with Gasteiger partial charge in [-0.05, 0) is 56.2 Å². The monoisotopic (exact) mass is 279 g/mol. The smallest absolute Gasteiger partial charge is 0.0296 e. The highest BCUT2D eigenvalue weighted by molar-refractivity contribution is 5.29. The van der Waals surface area contributed by atoms with Gasteiger partial charge in [-0.25, -0.2) is 0 Å². The molecule has 1 heteroatoms. The average Bonchev–Trinajstić information content (AvgIpc) is 2.44. The fraction of sp³-hybridized carbons (Fsp3) is 0.400. The van der Waals surface area contributed by atoms with Crippen LogP contribution in [0.2, 0.25) is 0 Å². The van der Waals surface area contributed by atoms with Crippen molar-refractivity contribution in [2.45, 2.75) is 51.6 Å². The first-order chi connectivity index (χ1) is 10.1. The lowest BCUT2D eigenvalue weighted by atomic mass is 9.75. The number of aryl methyl sites for hydroxylation is 2. The van der Waals surface area contributed by atoms with Crippen LogP contribution >= 0.6 is 0 Å². The summed E-state index contributed by atoms with van der Waals surface area (Å²) in [7, 11) is 0. The zero-order chi connectivity index (χ0) is 14.8. The van der Waals surface area contributed by atoms with Gasteiger partial charge in [0, 0.05) is 12.1 Å². The third-order valence-corrected chi connectivity index (χ3v) is 4.83. The molecule has 1 N–H and O–H groups in total. The van der Waals surface area contributed by atoms with Crippen LogP contribution in [-0.2, 0) is 0 Å². The van der Waals surface area contributed by atoms with Crippen molar-refractivity contribution < 1.29 is 0 Å². The standard InChI is InChI=1S/C20H25N/c1-14-8-10-17(11-9-14)18-12-19(13-18)21-16(3)20-7-5-4-6-15(20)2/h4-11,16,18-19,21H,12-13H2,1-3H3/t16-,18?,19?/m1/s1. The zero-order valence-electron chi connectivity index (χ0n) is 13.3. The first-order valence-corrected chi connectivity index (χ1v) is 8.01. The third-order valence-electron chi connectivity index (χ3n) is 4.83. The van der Waals surface area contributed by atoms with Gasteiger partial charge in [0.05, 0.1) is 0 Å². The lowest BCUT2D eigenvalue weighted by molar-refractivity contribution is 0.270. The van der Waals surface area contributed by atoms with E-state index in [1.165, 1.54) is 35.1 Å². The van der Waals surface area contributed by atoms with Gasteiger partial charge in [0.15, 0.2) is 0 Å². The molecule has 1 fully saturated rings. The Labute approximate surface area is 128 Å². The summed E-state index contributed by atoms with van der Waals surface area (Å²) < 4.78 is 0. The van der Waals surface area contributed by atoms with Gasteiger partial charge in [0.1, 0.15) is 0 Å². The van der Waals surface area contributed by atoms with Crippen LogP contribution < -0.4 is 5.32 Å². The van der Waals surface area contributed by atoms with E-state index in [-0.39, 0.29) is 0 Å². The van der Waals surface area contributed by atoms with Crippen molar-refractivity contribution in [1.29, 1.82) is 0 Å². The Morgan fingerprint density at radius 3 is 2.29 bits per heavy atom. The minimum Gasteiger partial charge on any atom is -0.307 e. The van der Waals surface area contributed by atoms with Crippen LogP contribution in [0.1, 0.15) is 54.0 Å². The first kappa shape index (κ1) is 14.3. The molecule has 0 amide bonds. The number of hydrogen-bond donors (Lipinski definition) is 1. The molecule has 2 aromatic carbocycles. The van der Waals surface area contributed by atoms with Crippen LogP contribution in [0.25, 0.3) is 0 Å². The van der Waals surface area contributed by atoms with Gasteiger partial charge in [-0.15, -0.1) is 0 Å². The van der Waals surface area contributed by atoms with Crippen molar-refractivity contribution in [3.05, 3.63) is 70.8 Å². The largest absolute Gasteiger partial charge is 0.307 e. The fourth-order valence-electron chi connectivity index (χ4n) is 3.38. The lowest BCUT2D eigenvalue weighted by Crippen LogP contribution is -2.41. The summed E-state index contributed by atoms with van der Waals surface area (Å²) >= 11 is 0. The van der Waals surface area contributed by atoms with E-state index in [0.717, 1.165) is 5.92 Å². The first-order valence-electron chi connectivity index (χ1n) is 8.01. The maximum atomic E-state index is 3.78. The van der Waals surface area contributed by atoms with E-state index >= 15 is 0 Å². The topological polar surface area (TPSA) is 12.0 Å². The summed E-state index contributed by atoms with van der Waals surface area (Å²) in [6, 6.07) is 18.8. The van der Waals surface area contributed by atoms with E-state index in [1.54, 1.807) is 0 Å². The highest BCUT2D eigenvalue weighted by Crippen LogP contribution is 2.38. The van der Waals surface area contributed by atoms with Crippen LogP contribution in [-0.4, -0.2) is 6.04 Å². The number of nitrogens with one attached hydrogen (secondary N) is 1. The van der Waals surface area contributed by atoms with Crippen molar-refractivity contribution >= 4 is 0 Å². The Bertz CT molecular complexity index is 593. The molecule has 1 atom stereocenters. The molecule has 1 aliphatic rings. The van der Waals surface area contributed by atoms with Crippen LogP contribution in [0.15, 0.2) is 48.5 Å². The van der Waals surface area contributed by atoms with Gasteiger partial charge < -0.3 is 5.32 Å². The highest BCUT2D eigenvalue weighted by atomic mass is 15.0. The minimum atomic E-state index is 0.440. The Balaban J connectivity index is 1.55. The Kier molecular flexibility index (Phi) is 4.12. The molecule has 0 bridgehead atoms. The van der Waals surface area contributed by atoms with Crippen LogP contribution in [0.3, 0.4) is 0 Å². The van der Waals surface area contributed by atoms with E-state index in [0.29, 0.717) is 12.1 Å². The molecule has 110 valence electrons. The van der Waals surface area contributed by atoms with E-state index < -0.39 is 0 Å². The molecule has 0 saturated heterocycles. The molecule has 0 aromatic heterocycles. The zero-order valence-corrected chi connectivity index (χ0v) is 13.3. The summed E-state index contributed by atoms with van der Waals surface area (Å²) in [4.78, 5) is 0. The average molecular weight is 279 g/mol. The Morgan fingerprint density at radius 1 is 0.952 bits per heavy atom. The SMILES string of the molecule is Cc1ccc(C2CC(N[C@H](C)c3ccccc3C)C2)cc1. The molecule has 0 radical (unpaired) electrons. The second-order valence-electron chi connectivity index (χ2n) is 6.52. The van der Waals surface area contributed by atoms with Crippen LogP contribution in [0.4, 0.5) is 0 Å². The van der Waals surface area contributed by atoms with Gasteiger partial charge in [0.2, 0.25) is 0 Å². The van der Waals surface area contributed by atoms with Crippen molar-refractivity contribution in [3.63, 3.8) is 0 Å². The molecule has 0 heterocycles. The van der Waals surface area contributed by atoms with Gasteiger partial charge >= 0.3 is 0 Å². The van der Waals surface area contributed by atoms with E-state index in [9.17, 15) is 0 Å². The molecule has 3 rings (SSSR count). The normalized spacial score (nSPS) is 22.6. The van der Waals surface area contributed by atoms with E-state index in [1.807, 2.05) is 0 Å². The molecule has 1 nitrogen and oxygen atoms in total. The molecular formula is C20H25N. The molecular weight excluding hydrogens is 254 g/mol. The van der Waals surface area contributed by atoms with Crippen molar-refractivity contribution in [2.24, 2.45) is 0 Å². The second kappa shape index (κ2) is 6.03. The minimum absolute atomic E-state index is 0.440. The van der Waals surface area contributed by atoms with Gasteiger partial charge in [-0.2, -0.15) is 0 Å². The predicted octanol–water partition coefficient (Wildman–Crippen LogP) is 4.90. The Morgan fingerprint density at radius 2 is 1.62 bits per heavy atom. The number of hydrogen-bond acceptors (Lipinski definition) is 1. The summed E-state index contributed by atoms with van der Waals surface area (Å²) in [6.45, 7) is 6.63. The van der Waals surface area contributed by atoms with Crippen molar-refractivity contribution in [1.82, 2.24) is 5.32 Å². The molecule has 1 saturated carbocycles. The van der Waals surface area contributed by atoms with Crippen molar-refractivity contribution in [3.8, 4) is 0 Å². The highest BCUT2D eigenvalue weighted by Gasteiger charge is 2.31. The molecule has 1 aliphatic carbocycles. The lowest BCUT2D eigenvalue weighted by Gasteiger charge is -2.38. The predicted molar refractivity (Wildman–Crippen MR) is 89.7 cm³/mol. The molecule has 21 heavy (non-hydrogen) atoms. The molecule has 0 unspecified atom stereocenters. The number of benzene rings is 2. The van der Waals surface area contributed by atoms with Crippen molar-refractivity contribution in [2.75, 3.05) is 0 Å². The maximum absolute atomic E-state index is 3.78. The van der Waals surface area contributed by atoms with Gasteiger partial charge in [-0.3, -0.25) is 0 Å². The van der Waals surface area contributed by atoms with Gasteiger partial charge in [0.25, 0.3) is 0 Å². The van der Waals surface area contributed by atoms with E-state index in [2.05, 4.69) is 74.6 Å². The molecule has 2 aromatic rings. The summed E-state index contributed by atoms with van der Waals surface area (Å²) in [6.07, 6.45) is 2.53. The fourth-order valence-corrected chi connectivity index (χ4v) is 3.38. The Hall–Kier alpha value is -1.60. The summed E-state index contributed by atoms with van der Waals surface area (Å²) in [5.74, 6) is 0.743. The van der Waals surface area contributed by atoms with Gasteiger partial charge in [-0.1, -0.05) is 54.1 Å².